The van der Waals surface area contributed by atoms with Crippen LogP contribution in [0.5, 0.6) is 0 Å². The van der Waals surface area contributed by atoms with Gasteiger partial charge >= 0.3 is 6.09 Å². The van der Waals surface area contributed by atoms with E-state index in [4.69, 9.17) is 16.9 Å². The van der Waals surface area contributed by atoms with Crippen LogP contribution < -0.4 is 5.73 Å². The number of likely N-dealkylation sites (tertiary alicyclic amines) is 1. The van der Waals surface area contributed by atoms with Crippen molar-refractivity contribution < 1.29 is 9.53 Å². The third kappa shape index (κ3) is 2.13. The van der Waals surface area contributed by atoms with Gasteiger partial charge in [-0.1, -0.05) is 5.92 Å². The molecule has 0 saturated carbocycles. The molecule has 1 heterocycles. The van der Waals surface area contributed by atoms with Crippen LogP contribution in [-0.2, 0) is 4.74 Å². The second-order valence-corrected chi connectivity index (χ2v) is 2.46. The quantitative estimate of drug-likeness (QED) is 0.540. The predicted octanol–water partition coefficient (Wildman–Crippen LogP) is -0.601. The Morgan fingerprint density at radius 1 is 1.82 bits per heavy atom. The van der Waals surface area contributed by atoms with Crippen molar-refractivity contribution in [1.82, 2.24) is 4.90 Å². The Bertz CT molecular complexity index is 191. The molecular formula is C7H10N2O2. The van der Waals surface area contributed by atoms with Crippen LogP contribution >= 0.6 is 0 Å². The minimum atomic E-state index is -0.713. The summed E-state index contributed by atoms with van der Waals surface area (Å²) < 4.78 is 4.69. The van der Waals surface area contributed by atoms with Crippen molar-refractivity contribution in [2.75, 3.05) is 19.6 Å². The van der Waals surface area contributed by atoms with E-state index in [1.165, 1.54) is 0 Å². The number of primary amides is 1. The molecule has 4 nitrogen and oxygen atoms in total. The van der Waals surface area contributed by atoms with Gasteiger partial charge in [-0.2, -0.15) is 0 Å². The van der Waals surface area contributed by atoms with Gasteiger partial charge in [0.2, 0.25) is 0 Å². The number of rotatable bonds is 2. The molecule has 1 saturated heterocycles. The van der Waals surface area contributed by atoms with Crippen molar-refractivity contribution in [3.8, 4) is 12.3 Å². The van der Waals surface area contributed by atoms with Gasteiger partial charge in [-0.3, -0.25) is 4.90 Å². The first-order valence-corrected chi connectivity index (χ1v) is 3.34. The van der Waals surface area contributed by atoms with Crippen LogP contribution in [0.15, 0.2) is 0 Å². The molecule has 4 heteroatoms. The molecule has 1 aliphatic heterocycles. The molecule has 0 aliphatic carbocycles. The molecule has 0 aromatic heterocycles. The van der Waals surface area contributed by atoms with Gasteiger partial charge in [0.1, 0.15) is 6.10 Å². The number of hydrogen-bond acceptors (Lipinski definition) is 3. The van der Waals surface area contributed by atoms with Gasteiger partial charge in [-0.15, -0.1) is 6.42 Å². The van der Waals surface area contributed by atoms with Gasteiger partial charge in [-0.25, -0.2) is 4.79 Å². The highest BCUT2D eigenvalue weighted by Crippen LogP contribution is 2.09. The third-order valence-electron chi connectivity index (χ3n) is 1.52. The molecule has 11 heavy (non-hydrogen) atoms. The minimum Gasteiger partial charge on any atom is -0.444 e. The fraction of sp³-hybridized carbons (Fsp3) is 0.571. The van der Waals surface area contributed by atoms with E-state index in [1.807, 2.05) is 4.90 Å². The zero-order valence-corrected chi connectivity index (χ0v) is 6.12. The van der Waals surface area contributed by atoms with Crippen LogP contribution in [0.3, 0.4) is 0 Å². The second-order valence-electron chi connectivity index (χ2n) is 2.46. The summed E-state index contributed by atoms with van der Waals surface area (Å²) in [7, 11) is 0. The fourth-order valence-electron chi connectivity index (χ4n) is 1.02. The monoisotopic (exact) mass is 154 g/mol. The lowest BCUT2D eigenvalue weighted by Crippen LogP contribution is -2.53. The maximum Gasteiger partial charge on any atom is 0.404 e. The van der Waals surface area contributed by atoms with Crippen LogP contribution in [0.25, 0.3) is 0 Å². The Kier molecular flexibility index (Phi) is 2.34. The lowest BCUT2D eigenvalue weighted by molar-refractivity contribution is -0.00214. The highest BCUT2D eigenvalue weighted by Gasteiger charge is 2.28. The summed E-state index contributed by atoms with van der Waals surface area (Å²) >= 11 is 0. The van der Waals surface area contributed by atoms with Gasteiger partial charge in [0.15, 0.2) is 0 Å². The zero-order valence-electron chi connectivity index (χ0n) is 6.12. The molecule has 0 unspecified atom stereocenters. The maximum absolute atomic E-state index is 10.2. The Hall–Kier alpha value is -1.21. The summed E-state index contributed by atoms with van der Waals surface area (Å²) in [6.07, 6.45) is 4.29. The second kappa shape index (κ2) is 3.26. The summed E-state index contributed by atoms with van der Waals surface area (Å²) in [5.41, 5.74) is 4.80. The number of terminal acetylenes is 1. The molecule has 1 amide bonds. The first kappa shape index (κ1) is 7.89. The molecule has 1 rings (SSSR count). The SMILES string of the molecule is C#CCN1CC(OC(N)=O)C1. The van der Waals surface area contributed by atoms with Gasteiger partial charge < -0.3 is 10.5 Å². The lowest BCUT2D eigenvalue weighted by Gasteiger charge is -2.36. The van der Waals surface area contributed by atoms with Crippen molar-refractivity contribution in [1.29, 1.82) is 0 Å². The lowest BCUT2D eigenvalue weighted by atomic mass is 10.2. The van der Waals surface area contributed by atoms with Gasteiger partial charge in [0.25, 0.3) is 0 Å². The molecular weight excluding hydrogens is 144 g/mol. The van der Waals surface area contributed by atoms with Crippen LogP contribution in [-0.4, -0.2) is 36.7 Å². The molecule has 60 valence electrons. The molecule has 1 fully saturated rings. The van der Waals surface area contributed by atoms with Gasteiger partial charge in [0.05, 0.1) is 6.54 Å². The highest BCUT2D eigenvalue weighted by atomic mass is 16.6. The topological polar surface area (TPSA) is 55.6 Å². The molecule has 0 radical (unpaired) electrons. The van der Waals surface area contributed by atoms with Crippen LogP contribution in [0, 0.1) is 12.3 Å². The van der Waals surface area contributed by atoms with Gasteiger partial charge in [0, 0.05) is 13.1 Å². The van der Waals surface area contributed by atoms with Gasteiger partial charge in [-0.05, 0) is 0 Å². The van der Waals surface area contributed by atoms with Crippen molar-refractivity contribution in [2.45, 2.75) is 6.10 Å². The minimum absolute atomic E-state index is 0.0548. The molecule has 0 spiro atoms. The summed E-state index contributed by atoms with van der Waals surface area (Å²) in [6.45, 7) is 2.01. The average molecular weight is 154 g/mol. The number of carbonyl (C=O) groups excluding carboxylic acids is 1. The van der Waals surface area contributed by atoms with E-state index >= 15 is 0 Å². The molecule has 0 aromatic carbocycles. The molecule has 0 aromatic rings. The predicted molar refractivity (Wildman–Crippen MR) is 39.7 cm³/mol. The Balaban J connectivity index is 2.10. The molecule has 0 bridgehead atoms. The highest BCUT2D eigenvalue weighted by molar-refractivity contribution is 5.64. The number of hydrogen-bond donors (Lipinski definition) is 1. The van der Waals surface area contributed by atoms with E-state index in [0.717, 1.165) is 0 Å². The molecule has 1 aliphatic rings. The summed E-state index contributed by atoms with van der Waals surface area (Å²) in [5, 5.41) is 0. The van der Waals surface area contributed by atoms with Crippen molar-refractivity contribution in [3.63, 3.8) is 0 Å². The number of amides is 1. The van der Waals surface area contributed by atoms with E-state index in [9.17, 15) is 4.79 Å². The zero-order chi connectivity index (χ0) is 8.27. The van der Waals surface area contributed by atoms with E-state index in [2.05, 4.69) is 5.92 Å². The summed E-state index contributed by atoms with van der Waals surface area (Å²) in [4.78, 5) is 12.2. The maximum atomic E-state index is 10.2. The average Bonchev–Trinajstić information content (AvgIpc) is 1.82. The largest absolute Gasteiger partial charge is 0.444 e. The Morgan fingerprint density at radius 2 is 2.45 bits per heavy atom. The standard InChI is InChI=1S/C7H10N2O2/c1-2-3-9-4-6(5-9)11-7(8)10/h1,6H,3-5H2,(H2,8,10). The first-order valence-electron chi connectivity index (χ1n) is 3.34. The summed E-state index contributed by atoms with van der Waals surface area (Å²) in [5.74, 6) is 2.50. The summed E-state index contributed by atoms with van der Waals surface area (Å²) in [6, 6.07) is 0. The van der Waals surface area contributed by atoms with E-state index in [-0.39, 0.29) is 6.10 Å². The molecule has 0 atom stereocenters. The molecule has 2 N–H and O–H groups in total. The first-order chi connectivity index (χ1) is 5.22. The normalized spacial score (nSPS) is 18.5. The van der Waals surface area contributed by atoms with Crippen LogP contribution in [0.1, 0.15) is 0 Å². The van der Waals surface area contributed by atoms with Crippen molar-refractivity contribution in [2.24, 2.45) is 5.73 Å². The number of ether oxygens (including phenoxy) is 1. The van der Waals surface area contributed by atoms with Crippen LogP contribution in [0.2, 0.25) is 0 Å². The third-order valence-corrected chi connectivity index (χ3v) is 1.52. The van der Waals surface area contributed by atoms with E-state index < -0.39 is 6.09 Å². The smallest absolute Gasteiger partial charge is 0.404 e. The van der Waals surface area contributed by atoms with E-state index in [1.54, 1.807) is 0 Å². The van der Waals surface area contributed by atoms with Crippen molar-refractivity contribution in [3.05, 3.63) is 0 Å². The number of nitrogens with zero attached hydrogens (tertiary/aromatic N) is 1. The number of nitrogens with two attached hydrogens (primary N) is 1. The van der Waals surface area contributed by atoms with E-state index in [0.29, 0.717) is 19.6 Å². The Morgan fingerprint density at radius 3 is 2.91 bits per heavy atom. The Labute approximate surface area is 65.3 Å². The number of carbonyl (C=O) groups is 1. The van der Waals surface area contributed by atoms with Crippen LogP contribution in [0.4, 0.5) is 4.79 Å². The fourth-order valence-corrected chi connectivity index (χ4v) is 1.02. The van der Waals surface area contributed by atoms with Crippen molar-refractivity contribution >= 4 is 6.09 Å².